The molecule has 1 rings (SSSR count). The molecule has 6 nitrogen and oxygen atoms in total. The number of carbonyl (C=O) groups is 2. The fourth-order valence-corrected chi connectivity index (χ4v) is 1.72. The Bertz CT molecular complexity index is 283. The molecule has 0 saturated carbocycles. The van der Waals surface area contributed by atoms with E-state index < -0.39 is 11.6 Å². The van der Waals surface area contributed by atoms with Crippen LogP contribution in [-0.2, 0) is 9.59 Å². The van der Waals surface area contributed by atoms with E-state index in [1.54, 1.807) is 4.90 Å². The molecule has 1 saturated heterocycles. The Morgan fingerprint density at radius 2 is 1.75 bits per heavy atom. The smallest absolute Gasteiger partial charge is 0.336 e. The number of hydrogen-bond acceptors (Lipinski definition) is 4. The molecule has 1 heterocycles. The van der Waals surface area contributed by atoms with Crippen LogP contribution in [0, 0.1) is 0 Å². The van der Waals surface area contributed by atoms with Gasteiger partial charge in [0.1, 0.15) is 0 Å². The lowest BCUT2D eigenvalue weighted by Crippen LogP contribution is -2.54. The van der Waals surface area contributed by atoms with E-state index in [0.717, 1.165) is 0 Å². The molecular formula is C10H18N2O4. The number of carboxylic acid groups (broad SMARTS) is 1. The first-order valence-electron chi connectivity index (χ1n) is 5.26. The first-order valence-corrected chi connectivity index (χ1v) is 5.26. The molecule has 1 amide bonds. The topological polar surface area (TPSA) is 81.1 Å². The summed E-state index contributed by atoms with van der Waals surface area (Å²) < 4.78 is 0. The van der Waals surface area contributed by atoms with Crippen LogP contribution in [0.4, 0.5) is 0 Å². The molecule has 0 spiro atoms. The molecule has 0 aromatic carbocycles. The van der Waals surface area contributed by atoms with Crippen LogP contribution in [0.15, 0.2) is 0 Å². The summed E-state index contributed by atoms with van der Waals surface area (Å²) in [6.07, 6.45) is 0. The zero-order valence-corrected chi connectivity index (χ0v) is 9.64. The van der Waals surface area contributed by atoms with Crippen LogP contribution in [0.3, 0.4) is 0 Å². The van der Waals surface area contributed by atoms with Crippen molar-refractivity contribution in [2.24, 2.45) is 0 Å². The highest BCUT2D eigenvalue weighted by atomic mass is 16.4. The summed E-state index contributed by atoms with van der Waals surface area (Å²) in [6.45, 7) is 5.27. The van der Waals surface area contributed by atoms with Crippen LogP contribution in [0.1, 0.15) is 13.8 Å². The number of hydrogen-bond donors (Lipinski definition) is 2. The predicted octanol–water partition coefficient (Wildman–Crippen LogP) is -1.01. The highest BCUT2D eigenvalue weighted by Gasteiger charge is 2.33. The van der Waals surface area contributed by atoms with Crippen molar-refractivity contribution in [3.8, 4) is 0 Å². The van der Waals surface area contributed by atoms with Gasteiger partial charge < -0.3 is 15.1 Å². The summed E-state index contributed by atoms with van der Waals surface area (Å²) in [7, 11) is 0. The highest BCUT2D eigenvalue weighted by Crippen LogP contribution is 2.09. The maximum absolute atomic E-state index is 11.1. The van der Waals surface area contributed by atoms with Gasteiger partial charge >= 0.3 is 5.97 Å². The zero-order valence-electron chi connectivity index (χ0n) is 9.64. The minimum atomic E-state index is -1.72. The SMILES string of the molecule is CC(=O)N1CCN(CC(C)(O)C(=O)O)CC1. The van der Waals surface area contributed by atoms with Crippen LogP contribution in [0.25, 0.3) is 0 Å². The van der Waals surface area contributed by atoms with E-state index >= 15 is 0 Å². The summed E-state index contributed by atoms with van der Waals surface area (Å²) in [5.74, 6) is -1.19. The second-order valence-corrected chi connectivity index (χ2v) is 4.36. The summed E-state index contributed by atoms with van der Waals surface area (Å²) >= 11 is 0. The van der Waals surface area contributed by atoms with E-state index in [-0.39, 0.29) is 12.5 Å². The molecule has 1 aliphatic rings. The molecule has 0 radical (unpaired) electrons. The Balaban J connectivity index is 2.43. The number of carboxylic acids is 1. The van der Waals surface area contributed by atoms with E-state index in [2.05, 4.69) is 0 Å². The van der Waals surface area contributed by atoms with Crippen molar-refractivity contribution in [1.29, 1.82) is 0 Å². The lowest BCUT2D eigenvalue weighted by atomic mass is 10.1. The summed E-state index contributed by atoms with van der Waals surface area (Å²) in [5, 5.41) is 18.4. The monoisotopic (exact) mass is 230 g/mol. The zero-order chi connectivity index (χ0) is 12.3. The van der Waals surface area contributed by atoms with Crippen LogP contribution in [0.5, 0.6) is 0 Å². The second-order valence-electron chi connectivity index (χ2n) is 4.36. The third-order valence-electron chi connectivity index (χ3n) is 2.81. The fourth-order valence-electron chi connectivity index (χ4n) is 1.72. The molecule has 0 bridgehead atoms. The van der Waals surface area contributed by atoms with Gasteiger partial charge in [-0.1, -0.05) is 0 Å². The molecular weight excluding hydrogens is 212 g/mol. The third-order valence-corrected chi connectivity index (χ3v) is 2.81. The molecule has 2 N–H and O–H groups in total. The first kappa shape index (κ1) is 12.9. The van der Waals surface area contributed by atoms with Crippen LogP contribution >= 0.6 is 0 Å². The quantitative estimate of drug-likeness (QED) is 0.649. The largest absolute Gasteiger partial charge is 0.479 e. The lowest BCUT2D eigenvalue weighted by molar-refractivity contribution is -0.159. The van der Waals surface area contributed by atoms with E-state index in [4.69, 9.17) is 5.11 Å². The van der Waals surface area contributed by atoms with Crippen molar-refractivity contribution < 1.29 is 19.8 Å². The molecule has 1 atom stereocenters. The number of carbonyl (C=O) groups excluding carboxylic acids is 1. The van der Waals surface area contributed by atoms with E-state index in [0.29, 0.717) is 26.2 Å². The van der Waals surface area contributed by atoms with Crippen molar-refractivity contribution in [3.05, 3.63) is 0 Å². The van der Waals surface area contributed by atoms with Crippen molar-refractivity contribution in [2.75, 3.05) is 32.7 Å². The number of aliphatic carboxylic acids is 1. The van der Waals surface area contributed by atoms with Gasteiger partial charge in [0.2, 0.25) is 5.91 Å². The van der Waals surface area contributed by atoms with Gasteiger partial charge in [0, 0.05) is 39.6 Å². The number of amides is 1. The maximum Gasteiger partial charge on any atom is 0.336 e. The molecule has 16 heavy (non-hydrogen) atoms. The Kier molecular flexibility index (Phi) is 3.88. The number of rotatable bonds is 3. The normalized spacial score (nSPS) is 21.6. The Labute approximate surface area is 94.4 Å². The maximum atomic E-state index is 11.1. The summed E-state index contributed by atoms with van der Waals surface area (Å²) in [4.78, 5) is 25.4. The van der Waals surface area contributed by atoms with Crippen molar-refractivity contribution in [1.82, 2.24) is 9.80 Å². The molecule has 0 aromatic heterocycles. The predicted molar refractivity (Wildman–Crippen MR) is 57.0 cm³/mol. The van der Waals surface area contributed by atoms with Gasteiger partial charge in [-0.3, -0.25) is 9.69 Å². The van der Waals surface area contributed by atoms with Gasteiger partial charge in [-0.15, -0.1) is 0 Å². The van der Waals surface area contributed by atoms with Crippen LogP contribution < -0.4 is 0 Å². The number of nitrogens with zero attached hydrogens (tertiary/aromatic N) is 2. The van der Waals surface area contributed by atoms with Gasteiger partial charge in [-0.05, 0) is 6.92 Å². The van der Waals surface area contributed by atoms with Gasteiger partial charge in [-0.25, -0.2) is 4.79 Å². The van der Waals surface area contributed by atoms with Crippen molar-refractivity contribution in [3.63, 3.8) is 0 Å². The number of aliphatic hydroxyl groups is 1. The molecule has 6 heteroatoms. The van der Waals surface area contributed by atoms with E-state index in [9.17, 15) is 14.7 Å². The highest BCUT2D eigenvalue weighted by molar-refractivity contribution is 5.76. The minimum Gasteiger partial charge on any atom is -0.479 e. The number of piperazine rings is 1. The average Bonchev–Trinajstić information content (AvgIpc) is 2.17. The third kappa shape index (κ3) is 3.18. The summed E-state index contributed by atoms with van der Waals surface area (Å²) in [6, 6.07) is 0. The van der Waals surface area contributed by atoms with Crippen LogP contribution in [0.2, 0.25) is 0 Å². The molecule has 0 aliphatic carbocycles. The van der Waals surface area contributed by atoms with Gasteiger partial charge in [0.25, 0.3) is 0 Å². The number of β-amino-alcohol motifs (C(OH)–C–C–N with tert-alkyl or cyclic N) is 1. The fraction of sp³-hybridized carbons (Fsp3) is 0.800. The van der Waals surface area contributed by atoms with Crippen molar-refractivity contribution >= 4 is 11.9 Å². The molecule has 1 aliphatic heterocycles. The molecule has 1 unspecified atom stereocenters. The standard InChI is InChI=1S/C10H18N2O4/c1-8(13)12-5-3-11(4-6-12)7-10(2,16)9(14)15/h16H,3-7H2,1-2H3,(H,14,15). The van der Waals surface area contributed by atoms with Gasteiger partial charge in [-0.2, -0.15) is 0 Å². The minimum absolute atomic E-state index is 0.0321. The first-order chi connectivity index (χ1) is 7.33. The Morgan fingerprint density at radius 1 is 1.25 bits per heavy atom. The van der Waals surface area contributed by atoms with Gasteiger partial charge in [0.05, 0.1) is 0 Å². The Morgan fingerprint density at radius 3 is 2.12 bits per heavy atom. The molecule has 92 valence electrons. The van der Waals surface area contributed by atoms with E-state index in [1.165, 1.54) is 13.8 Å². The second kappa shape index (κ2) is 4.80. The lowest BCUT2D eigenvalue weighted by Gasteiger charge is -2.36. The van der Waals surface area contributed by atoms with Gasteiger partial charge in [0.15, 0.2) is 5.60 Å². The summed E-state index contributed by atoms with van der Waals surface area (Å²) in [5.41, 5.74) is -1.72. The van der Waals surface area contributed by atoms with E-state index in [1.807, 2.05) is 4.90 Å². The molecule has 0 aromatic rings. The average molecular weight is 230 g/mol. The van der Waals surface area contributed by atoms with Crippen LogP contribution in [-0.4, -0.2) is 70.2 Å². The molecule has 1 fully saturated rings. The Hall–Kier alpha value is -1.14. The van der Waals surface area contributed by atoms with Crippen molar-refractivity contribution in [2.45, 2.75) is 19.4 Å².